The summed E-state index contributed by atoms with van der Waals surface area (Å²) >= 11 is 0. The zero-order valence-corrected chi connectivity index (χ0v) is 20.4. The summed E-state index contributed by atoms with van der Waals surface area (Å²) in [6, 6.07) is -0.00269. The van der Waals surface area contributed by atoms with Crippen LogP contribution in [0.15, 0.2) is 24.3 Å². The van der Waals surface area contributed by atoms with Gasteiger partial charge >= 0.3 is 11.9 Å². The Morgan fingerprint density at radius 3 is 2.00 bits per heavy atom. The number of nitrogens with two attached hydrogens (primary N) is 2. The number of phenolic OH excluding ortho intramolecular Hbond substituents is 1. The van der Waals surface area contributed by atoms with E-state index < -0.39 is 66.4 Å². The Labute approximate surface area is 213 Å². The SMILES string of the molecule is CC(O)C(NC(=O)C(Cc1ccc(O)cc1)NC(=O)C(N)CC(=O)O)C(=O)NC(CCCCN)C(=O)O. The van der Waals surface area contributed by atoms with Crippen LogP contribution in [0.1, 0.15) is 38.2 Å². The van der Waals surface area contributed by atoms with Crippen molar-refractivity contribution < 1.29 is 44.4 Å². The molecule has 3 amide bonds. The van der Waals surface area contributed by atoms with Crippen molar-refractivity contribution in [3.8, 4) is 5.75 Å². The number of aliphatic hydroxyl groups excluding tert-OH is 1. The number of rotatable bonds is 16. The second kappa shape index (κ2) is 15.4. The molecule has 1 aromatic carbocycles. The second-order valence-corrected chi connectivity index (χ2v) is 8.55. The Morgan fingerprint density at radius 2 is 1.49 bits per heavy atom. The number of aliphatic hydroxyl groups is 1. The van der Waals surface area contributed by atoms with Gasteiger partial charge in [0.2, 0.25) is 17.7 Å². The summed E-state index contributed by atoms with van der Waals surface area (Å²) in [6.45, 7) is 1.56. The minimum absolute atomic E-state index is 0.0393. The van der Waals surface area contributed by atoms with Crippen molar-refractivity contribution in [1.29, 1.82) is 0 Å². The molecule has 14 heteroatoms. The molecule has 0 aliphatic carbocycles. The molecule has 0 bridgehead atoms. The van der Waals surface area contributed by atoms with Gasteiger partial charge < -0.3 is 47.8 Å². The number of aliphatic carboxylic acids is 2. The molecule has 1 rings (SSSR count). The molecule has 0 radical (unpaired) electrons. The van der Waals surface area contributed by atoms with E-state index in [1.165, 1.54) is 31.2 Å². The molecule has 0 heterocycles. The first kappa shape index (κ1) is 31.3. The Hall–Kier alpha value is -3.75. The first-order valence-corrected chi connectivity index (χ1v) is 11.6. The van der Waals surface area contributed by atoms with Gasteiger partial charge in [-0.05, 0) is 50.4 Å². The maximum absolute atomic E-state index is 13.1. The third kappa shape index (κ3) is 11.2. The lowest BCUT2D eigenvalue weighted by Gasteiger charge is -2.26. The van der Waals surface area contributed by atoms with Crippen LogP contribution in [0.3, 0.4) is 0 Å². The molecule has 1 aromatic rings. The van der Waals surface area contributed by atoms with Crippen LogP contribution in [0.25, 0.3) is 0 Å². The van der Waals surface area contributed by atoms with E-state index in [1.807, 2.05) is 0 Å². The average Bonchev–Trinajstić information content (AvgIpc) is 2.81. The number of carboxylic acids is 2. The van der Waals surface area contributed by atoms with E-state index in [4.69, 9.17) is 16.6 Å². The van der Waals surface area contributed by atoms with Gasteiger partial charge in [0.05, 0.1) is 18.6 Å². The van der Waals surface area contributed by atoms with E-state index in [1.54, 1.807) is 0 Å². The lowest BCUT2D eigenvalue weighted by molar-refractivity contribution is -0.143. The quantitative estimate of drug-likeness (QED) is 0.104. The van der Waals surface area contributed by atoms with Gasteiger partial charge in [0.15, 0.2) is 0 Å². The number of unbranched alkanes of at least 4 members (excludes halogenated alkanes) is 1. The summed E-state index contributed by atoms with van der Waals surface area (Å²) in [6.07, 6.45) is -1.22. The molecule has 206 valence electrons. The molecule has 5 atom stereocenters. The predicted octanol–water partition coefficient (Wildman–Crippen LogP) is -2.21. The van der Waals surface area contributed by atoms with Crippen LogP contribution >= 0.6 is 0 Å². The van der Waals surface area contributed by atoms with E-state index in [-0.39, 0.29) is 18.6 Å². The lowest BCUT2D eigenvalue weighted by Crippen LogP contribution is -2.60. The van der Waals surface area contributed by atoms with Gasteiger partial charge in [0.1, 0.15) is 23.9 Å². The summed E-state index contributed by atoms with van der Waals surface area (Å²) in [5.74, 6) is -5.48. The van der Waals surface area contributed by atoms with Crippen LogP contribution in [0.5, 0.6) is 5.75 Å². The van der Waals surface area contributed by atoms with Crippen molar-refractivity contribution in [2.24, 2.45) is 11.5 Å². The Kier molecular flexibility index (Phi) is 13.0. The maximum atomic E-state index is 13.1. The smallest absolute Gasteiger partial charge is 0.326 e. The number of carbonyl (C=O) groups excluding carboxylic acids is 3. The number of hydrogen-bond donors (Lipinski definition) is 9. The monoisotopic (exact) mass is 525 g/mol. The lowest BCUT2D eigenvalue weighted by atomic mass is 10.0. The van der Waals surface area contributed by atoms with Gasteiger partial charge in [0.25, 0.3) is 0 Å². The van der Waals surface area contributed by atoms with Crippen LogP contribution in [-0.4, -0.2) is 86.9 Å². The topological polar surface area (TPSA) is 254 Å². The van der Waals surface area contributed by atoms with E-state index >= 15 is 0 Å². The summed E-state index contributed by atoms with van der Waals surface area (Å²) in [7, 11) is 0. The number of amides is 3. The first-order valence-electron chi connectivity index (χ1n) is 11.6. The zero-order valence-electron chi connectivity index (χ0n) is 20.4. The molecule has 14 nitrogen and oxygen atoms in total. The van der Waals surface area contributed by atoms with E-state index in [0.717, 1.165) is 0 Å². The number of hydrogen-bond acceptors (Lipinski definition) is 9. The number of nitrogens with one attached hydrogen (secondary N) is 3. The number of carboxylic acid groups (broad SMARTS) is 2. The van der Waals surface area contributed by atoms with Gasteiger partial charge in [-0.1, -0.05) is 12.1 Å². The van der Waals surface area contributed by atoms with E-state index in [9.17, 15) is 39.3 Å². The highest BCUT2D eigenvalue weighted by Gasteiger charge is 2.33. The Balaban J connectivity index is 3.07. The molecule has 0 aliphatic heterocycles. The van der Waals surface area contributed by atoms with Crippen molar-refractivity contribution in [2.75, 3.05) is 6.54 Å². The van der Waals surface area contributed by atoms with Crippen LogP contribution in [0.2, 0.25) is 0 Å². The highest BCUT2D eigenvalue weighted by Crippen LogP contribution is 2.12. The summed E-state index contributed by atoms with van der Waals surface area (Å²) in [4.78, 5) is 60.7. The van der Waals surface area contributed by atoms with Crippen molar-refractivity contribution in [3.63, 3.8) is 0 Å². The number of benzene rings is 1. The van der Waals surface area contributed by atoms with E-state index in [2.05, 4.69) is 16.0 Å². The molecule has 11 N–H and O–H groups in total. The fraction of sp³-hybridized carbons (Fsp3) is 0.522. The Bertz CT molecular complexity index is 939. The molecule has 0 aliphatic rings. The average molecular weight is 526 g/mol. The van der Waals surface area contributed by atoms with Gasteiger partial charge in [-0.3, -0.25) is 19.2 Å². The summed E-state index contributed by atoms with van der Waals surface area (Å²) in [5.41, 5.74) is 11.5. The molecule has 0 saturated heterocycles. The van der Waals surface area contributed by atoms with Crippen LogP contribution in [0, 0.1) is 0 Å². The normalized spacial score (nSPS) is 14.9. The first-order chi connectivity index (χ1) is 17.3. The van der Waals surface area contributed by atoms with E-state index in [0.29, 0.717) is 24.9 Å². The third-order valence-corrected chi connectivity index (χ3v) is 5.36. The number of carbonyl (C=O) groups is 5. The number of phenols is 1. The second-order valence-electron chi connectivity index (χ2n) is 8.55. The fourth-order valence-corrected chi connectivity index (χ4v) is 3.31. The van der Waals surface area contributed by atoms with Crippen molar-refractivity contribution in [2.45, 2.75) is 69.3 Å². The van der Waals surface area contributed by atoms with Crippen molar-refractivity contribution in [3.05, 3.63) is 29.8 Å². The molecule has 0 fully saturated rings. The molecule has 37 heavy (non-hydrogen) atoms. The number of aromatic hydroxyl groups is 1. The molecule has 0 aromatic heterocycles. The van der Waals surface area contributed by atoms with Gasteiger partial charge in [0, 0.05) is 6.42 Å². The molecular formula is C23H35N5O9. The van der Waals surface area contributed by atoms with Crippen LogP contribution in [-0.2, 0) is 30.4 Å². The summed E-state index contributed by atoms with van der Waals surface area (Å²) < 4.78 is 0. The largest absolute Gasteiger partial charge is 0.508 e. The van der Waals surface area contributed by atoms with Crippen molar-refractivity contribution in [1.82, 2.24) is 16.0 Å². The molecule has 5 unspecified atom stereocenters. The highest BCUT2D eigenvalue weighted by atomic mass is 16.4. The highest BCUT2D eigenvalue weighted by molar-refractivity contribution is 5.95. The van der Waals surface area contributed by atoms with Gasteiger partial charge in [-0.2, -0.15) is 0 Å². The third-order valence-electron chi connectivity index (χ3n) is 5.36. The molecule has 0 saturated carbocycles. The summed E-state index contributed by atoms with van der Waals surface area (Å²) in [5, 5.41) is 44.8. The minimum atomic E-state index is -1.57. The van der Waals surface area contributed by atoms with Crippen LogP contribution in [0.4, 0.5) is 0 Å². The van der Waals surface area contributed by atoms with Crippen molar-refractivity contribution >= 4 is 29.7 Å². The zero-order chi connectivity index (χ0) is 28.1. The molecule has 0 spiro atoms. The predicted molar refractivity (Wildman–Crippen MR) is 130 cm³/mol. The Morgan fingerprint density at radius 1 is 0.892 bits per heavy atom. The van der Waals surface area contributed by atoms with Crippen LogP contribution < -0.4 is 27.4 Å². The molecular weight excluding hydrogens is 490 g/mol. The van der Waals surface area contributed by atoms with Gasteiger partial charge in [-0.25, -0.2) is 4.79 Å². The van der Waals surface area contributed by atoms with Gasteiger partial charge in [-0.15, -0.1) is 0 Å². The maximum Gasteiger partial charge on any atom is 0.326 e. The minimum Gasteiger partial charge on any atom is -0.508 e. The fourth-order valence-electron chi connectivity index (χ4n) is 3.31. The standard InChI is InChI=1S/C23H35N5O9/c1-12(29)19(22(35)26-16(23(36)37)4-2-3-9-24)28-21(34)17(10-13-5-7-14(30)8-6-13)27-20(33)15(25)11-18(31)32/h5-8,12,15-17,19,29-30H,2-4,9-11,24-25H2,1H3,(H,26,35)(H,27,33)(H,28,34)(H,31,32)(H,36,37).